The van der Waals surface area contributed by atoms with E-state index in [4.69, 9.17) is 23.8 Å². The summed E-state index contributed by atoms with van der Waals surface area (Å²) in [5, 5.41) is 4.97. The van der Waals surface area contributed by atoms with Crippen LogP contribution in [0.5, 0.6) is 0 Å². The number of anilines is 2. The molecule has 172 valence electrons. The molecule has 1 aromatic carbocycles. The zero-order valence-electron chi connectivity index (χ0n) is 18.5. The van der Waals surface area contributed by atoms with E-state index in [1.807, 2.05) is 24.4 Å². The molecule has 5 rings (SSSR count). The molecule has 4 atom stereocenters. The minimum absolute atomic E-state index is 0.0133. The maximum atomic E-state index is 6.89. The van der Waals surface area contributed by atoms with Crippen molar-refractivity contribution in [3.8, 4) is 0 Å². The number of pyridine rings is 1. The average molecular weight is 562 g/mol. The second-order valence-electron chi connectivity index (χ2n) is 9.13. The molecule has 4 heterocycles. The quantitative estimate of drug-likeness (QED) is 0.340. The van der Waals surface area contributed by atoms with Crippen molar-refractivity contribution in [1.82, 2.24) is 10.3 Å². The number of benzene rings is 1. The fraction of sp³-hybridized carbons (Fsp3) is 0.360. The highest BCUT2D eigenvalue weighted by Gasteiger charge is 2.41. The molecule has 2 aliphatic heterocycles. The molecule has 2 aromatic heterocycles. The van der Waals surface area contributed by atoms with Gasteiger partial charge in [-0.1, -0.05) is 31.5 Å². The Bertz CT molecular complexity index is 1140. The third-order valence-electron chi connectivity index (χ3n) is 6.40. The summed E-state index contributed by atoms with van der Waals surface area (Å²) in [4.78, 5) is 10.4. The number of hydrogen-bond acceptors (Lipinski definition) is 4. The van der Waals surface area contributed by atoms with Gasteiger partial charge in [-0.25, -0.2) is 0 Å². The lowest BCUT2D eigenvalue weighted by molar-refractivity contribution is 0.357. The van der Waals surface area contributed by atoms with Crippen LogP contribution in [-0.4, -0.2) is 23.2 Å². The van der Waals surface area contributed by atoms with Crippen LogP contribution in [0.1, 0.15) is 42.9 Å². The number of thiophene rings is 1. The smallest absolute Gasteiger partial charge is 0.174 e. The molecule has 0 amide bonds. The molecule has 8 heteroatoms. The van der Waals surface area contributed by atoms with Crippen LogP contribution in [0.15, 0.2) is 58.5 Å². The summed E-state index contributed by atoms with van der Waals surface area (Å²) in [6, 6.07) is 16.5. The van der Waals surface area contributed by atoms with Gasteiger partial charge in [0.2, 0.25) is 0 Å². The van der Waals surface area contributed by atoms with Gasteiger partial charge in [0.05, 0.1) is 32.3 Å². The molecular weight excluding hydrogens is 536 g/mol. The van der Waals surface area contributed by atoms with Crippen molar-refractivity contribution >= 4 is 67.6 Å². The minimum atomic E-state index is -0.0495. The maximum Gasteiger partial charge on any atom is 0.174 e. The van der Waals surface area contributed by atoms with Gasteiger partial charge in [-0.15, -0.1) is 11.3 Å². The fourth-order valence-corrected chi connectivity index (χ4v) is 7.36. The first-order chi connectivity index (χ1) is 15.9. The van der Waals surface area contributed by atoms with Crippen LogP contribution >= 0.6 is 51.1 Å². The summed E-state index contributed by atoms with van der Waals surface area (Å²) in [6.45, 7) is 6.73. The normalized spacial score (nSPS) is 25.4. The molecule has 4 nitrogen and oxygen atoms in total. The van der Waals surface area contributed by atoms with E-state index < -0.39 is 0 Å². The van der Waals surface area contributed by atoms with Crippen LogP contribution in [0.2, 0.25) is 5.02 Å². The van der Waals surface area contributed by atoms with Crippen molar-refractivity contribution in [3.05, 3.63) is 74.1 Å². The van der Waals surface area contributed by atoms with Crippen LogP contribution in [0.25, 0.3) is 0 Å². The lowest BCUT2D eigenvalue weighted by atomic mass is 9.91. The predicted octanol–water partition coefficient (Wildman–Crippen LogP) is 7.22. The second kappa shape index (κ2) is 9.53. The van der Waals surface area contributed by atoms with Crippen molar-refractivity contribution in [1.29, 1.82) is 0 Å². The number of hydrogen-bond donors (Lipinski definition) is 1. The molecule has 2 saturated heterocycles. The highest BCUT2D eigenvalue weighted by molar-refractivity contribution is 9.11. The van der Waals surface area contributed by atoms with E-state index in [1.165, 1.54) is 11.3 Å². The number of nitrogens with zero attached hydrogens (tertiary/aromatic N) is 3. The van der Waals surface area contributed by atoms with Crippen LogP contribution in [0.4, 0.5) is 11.4 Å². The van der Waals surface area contributed by atoms with Gasteiger partial charge in [0, 0.05) is 29.9 Å². The maximum absolute atomic E-state index is 6.89. The van der Waals surface area contributed by atoms with E-state index in [1.54, 1.807) is 11.3 Å². The van der Waals surface area contributed by atoms with Crippen LogP contribution in [-0.2, 0) is 0 Å². The van der Waals surface area contributed by atoms with Gasteiger partial charge in [0.1, 0.15) is 0 Å². The highest BCUT2D eigenvalue weighted by Crippen LogP contribution is 2.45. The average Bonchev–Trinajstić information content (AvgIpc) is 3.36. The molecule has 0 saturated carbocycles. The largest absolute Gasteiger partial charge is 0.370 e. The number of rotatable bonds is 4. The summed E-state index contributed by atoms with van der Waals surface area (Å²) >= 11 is 18.1. The first-order valence-corrected chi connectivity index (χ1v) is 13.6. The molecule has 0 unspecified atom stereocenters. The van der Waals surface area contributed by atoms with Gasteiger partial charge >= 0.3 is 0 Å². The molecule has 33 heavy (non-hydrogen) atoms. The fourth-order valence-electron chi connectivity index (χ4n) is 5.17. The van der Waals surface area contributed by atoms with Gasteiger partial charge in [0.25, 0.3) is 0 Å². The Morgan fingerprint density at radius 2 is 1.91 bits per heavy atom. The Hall–Kier alpha value is -1.67. The van der Waals surface area contributed by atoms with E-state index >= 15 is 0 Å². The summed E-state index contributed by atoms with van der Waals surface area (Å²) in [6.07, 6.45) is 3.10. The summed E-state index contributed by atoms with van der Waals surface area (Å²) in [5.41, 5.74) is 3.07. The van der Waals surface area contributed by atoms with Crippen molar-refractivity contribution < 1.29 is 0 Å². The Kier molecular flexibility index (Phi) is 6.67. The van der Waals surface area contributed by atoms with Crippen molar-refractivity contribution in [2.75, 3.05) is 22.9 Å². The zero-order valence-corrected chi connectivity index (χ0v) is 22.5. The first kappa shape index (κ1) is 23.1. The number of nitrogens with one attached hydrogen (secondary N) is 1. The van der Waals surface area contributed by atoms with E-state index in [-0.39, 0.29) is 12.1 Å². The van der Waals surface area contributed by atoms with Crippen molar-refractivity contribution in [2.24, 2.45) is 11.8 Å². The molecule has 2 fully saturated rings. The van der Waals surface area contributed by atoms with Gasteiger partial charge in [0.15, 0.2) is 5.11 Å². The molecular formula is C25H26BrClN4S2. The minimum Gasteiger partial charge on any atom is -0.370 e. The lowest BCUT2D eigenvalue weighted by Crippen LogP contribution is -2.38. The Morgan fingerprint density at radius 3 is 2.55 bits per heavy atom. The highest BCUT2D eigenvalue weighted by atomic mass is 79.9. The van der Waals surface area contributed by atoms with Gasteiger partial charge in [-0.05, 0) is 88.9 Å². The van der Waals surface area contributed by atoms with E-state index in [0.29, 0.717) is 16.9 Å². The second-order valence-corrected chi connectivity index (χ2v) is 12.4. The monoisotopic (exact) mass is 560 g/mol. The van der Waals surface area contributed by atoms with E-state index in [0.717, 1.165) is 39.0 Å². The van der Waals surface area contributed by atoms with Gasteiger partial charge in [-0.3, -0.25) is 4.98 Å². The summed E-state index contributed by atoms with van der Waals surface area (Å²) < 4.78 is 1.09. The number of halogens is 2. The van der Waals surface area contributed by atoms with Crippen LogP contribution < -0.4 is 15.1 Å². The number of aromatic nitrogens is 1. The topological polar surface area (TPSA) is 31.4 Å². The van der Waals surface area contributed by atoms with Crippen molar-refractivity contribution in [3.63, 3.8) is 0 Å². The number of piperidine rings is 1. The molecule has 0 spiro atoms. The Labute approximate surface area is 218 Å². The Balaban J connectivity index is 1.51. The molecule has 1 N–H and O–H groups in total. The molecule has 2 aliphatic rings. The first-order valence-electron chi connectivity index (χ1n) is 11.2. The van der Waals surface area contributed by atoms with Crippen LogP contribution in [0, 0.1) is 11.8 Å². The third-order valence-corrected chi connectivity index (χ3v) is 8.71. The third kappa shape index (κ3) is 4.65. The lowest BCUT2D eigenvalue weighted by Gasteiger charge is -2.37. The Morgan fingerprint density at radius 1 is 1.12 bits per heavy atom. The molecule has 0 bridgehead atoms. The van der Waals surface area contributed by atoms with Crippen LogP contribution in [0.3, 0.4) is 0 Å². The SMILES string of the molecule is C[C@@H]1C[C@H](C)CN(c2ccc(N3C(=S)N[C@@H](c4ccccn4)[C@H]3c3ccc(Br)s3)cc2Cl)C1. The molecule has 3 aromatic rings. The van der Waals surface area contributed by atoms with Gasteiger partial charge < -0.3 is 15.1 Å². The predicted molar refractivity (Wildman–Crippen MR) is 147 cm³/mol. The van der Waals surface area contributed by atoms with E-state index in [2.05, 4.69) is 80.2 Å². The number of thiocarbonyl (C=S) groups is 1. The van der Waals surface area contributed by atoms with Gasteiger partial charge in [-0.2, -0.15) is 0 Å². The zero-order chi connectivity index (χ0) is 23.1. The standard InChI is InChI=1S/C25H26BrClN4S2/c1-15-11-16(2)14-30(13-15)20-7-6-17(12-18(20)27)31-24(21-8-9-22(26)33-21)23(29-25(31)32)19-5-3-4-10-28-19/h3-10,12,15-16,23-24H,11,13-14H2,1-2H3,(H,29,32)/t15-,16+,23-,24+/m0/s1. The summed E-state index contributed by atoms with van der Waals surface area (Å²) in [7, 11) is 0. The van der Waals surface area contributed by atoms with E-state index in [9.17, 15) is 0 Å². The molecule has 0 aliphatic carbocycles. The summed E-state index contributed by atoms with van der Waals surface area (Å²) in [5.74, 6) is 1.33. The van der Waals surface area contributed by atoms with Crippen molar-refractivity contribution in [2.45, 2.75) is 32.4 Å². The molecule has 0 radical (unpaired) electrons.